The fourth-order valence-corrected chi connectivity index (χ4v) is 4.15. The zero-order valence-corrected chi connectivity index (χ0v) is 14.8. The number of carbonyl (C=O) groups is 1. The molecule has 2 aliphatic heterocycles. The number of sulfonamides is 1. The van der Waals surface area contributed by atoms with Crippen molar-refractivity contribution in [3.05, 3.63) is 18.3 Å². The highest BCUT2D eigenvalue weighted by atomic mass is 32.2. The van der Waals surface area contributed by atoms with Crippen molar-refractivity contribution < 1.29 is 17.9 Å². The van der Waals surface area contributed by atoms with E-state index in [1.54, 1.807) is 17.2 Å². The van der Waals surface area contributed by atoms with Gasteiger partial charge in [-0.15, -0.1) is 0 Å². The van der Waals surface area contributed by atoms with Gasteiger partial charge in [-0.3, -0.25) is 0 Å². The Bertz CT molecular complexity index is 759. The third-order valence-electron chi connectivity index (χ3n) is 4.05. The molecule has 1 fully saturated rings. The summed E-state index contributed by atoms with van der Waals surface area (Å²) in [5, 5.41) is 3.24. The van der Waals surface area contributed by atoms with Crippen molar-refractivity contribution >= 4 is 21.9 Å². The van der Waals surface area contributed by atoms with Crippen LogP contribution < -0.4 is 10.0 Å². The second kappa shape index (κ2) is 5.59. The van der Waals surface area contributed by atoms with Gasteiger partial charge in [0, 0.05) is 25.8 Å². The smallest absolute Gasteiger partial charge is 0.410 e. The van der Waals surface area contributed by atoms with Gasteiger partial charge >= 0.3 is 6.09 Å². The van der Waals surface area contributed by atoms with Gasteiger partial charge in [-0.1, -0.05) is 0 Å². The van der Waals surface area contributed by atoms with Gasteiger partial charge in [0.25, 0.3) is 0 Å². The van der Waals surface area contributed by atoms with Crippen molar-refractivity contribution in [2.45, 2.75) is 43.2 Å². The second-order valence-electron chi connectivity index (χ2n) is 7.23. The fourth-order valence-electron chi connectivity index (χ4n) is 2.91. The summed E-state index contributed by atoms with van der Waals surface area (Å²) in [5.74, 6) is 0.313. The highest BCUT2D eigenvalue weighted by molar-refractivity contribution is 7.89. The van der Waals surface area contributed by atoms with Crippen molar-refractivity contribution in [2.75, 3.05) is 25.0 Å². The summed E-state index contributed by atoms with van der Waals surface area (Å²) in [6, 6.07) is 3.09. The summed E-state index contributed by atoms with van der Waals surface area (Å²) in [6.45, 7) is 6.47. The summed E-state index contributed by atoms with van der Waals surface area (Å²) in [6.07, 6.45) is 1.75. The summed E-state index contributed by atoms with van der Waals surface area (Å²) in [5.41, 5.74) is -1.16. The van der Waals surface area contributed by atoms with Crippen molar-refractivity contribution in [3.8, 4) is 0 Å². The van der Waals surface area contributed by atoms with Crippen LogP contribution in [0.25, 0.3) is 0 Å². The van der Waals surface area contributed by atoms with Crippen LogP contribution in [0.1, 0.15) is 27.2 Å². The van der Waals surface area contributed by atoms with Crippen LogP contribution >= 0.6 is 0 Å². The van der Waals surface area contributed by atoms with Gasteiger partial charge in [0.2, 0.25) is 10.0 Å². The molecule has 3 heterocycles. The molecule has 1 unspecified atom stereocenters. The van der Waals surface area contributed by atoms with Gasteiger partial charge in [-0.2, -0.15) is 0 Å². The second-order valence-corrected chi connectivity index (χ2v) is 8.97. The molecule has 24 heavy (non-hydrogen) atoms. The van der Waals surface area contributed by atoms with Gasteiger partial charge in [0.1, 0.15) is 16.3 Å². The molecule has 0 radical (unpaired) electrons. The predicted molar refractivity (Wildman–Crippen MR) is 88.2 cm³/mol. The summed E-state index contributed by atoms with van der Waals surface area (Å²) >= 11 is 0. The minimum absolute atomic E-state index is 0.123. The van der Waals surface area contributed by atoms with E-state index in [2.05, 4.69) is 15.0 Å². The normalized spacial score (nSPS) is 25.7. The average Bonchev–Trinajstić information content (AvgIpc) is 2.84. The lowest BCUT2D eigenvalue weighted by Crippen LogP contribution is -2.49. The maximum absolute atomic E-state index is 12.3. The summed E-state index contributed by atoms with van der Waals surface area (Å²) in [7, 11) is -3.62. The number of hydrogen-bond donors (Lipinski definition) is 2. The van der Waals surface area contributed by atoms with E-state index in [-0.39, 0.29) is 11.4 Å². The van der Waals surface area contributed by atoms with Crippen LogP contribution in [0.15, 0.2) is 23.2 Å². The Morgan fingerprint density at radius 1 is 1.42 bits per heavy atom. The number of aromatic nitrogens is 1. The summed E-state index contributed by atoms with van der Waals surface area (Å²) < 4.78 is 32.7. The molecule has 1 spiro atoms. The van der Waals surface area contributed by atoms with Crippen molar-refractivity contribution in [2.24, 2.45) is 0 Å². The minimum atomic E-state index is -3.62. The number of likely N-dealkylation sites (tertiary alicyclic amines) is 1. The first-order valence-electron chi connectivity index (χ1n) is 7.81. The highest BCUT2D eigenvalue weighted by Crippen LogP contribution is 2.31. The van der Waals surface area contributed by atoms with Gasteiger partial charge < -0.3 is 15.0 Å². The fraction of sp³-hybridized carbons (Fsp3) is 0.600. The van der Waals surface area contributed by atoms with E-state index in [4.69, 9.17) is 4.74 Å². The number of anilines is 1. The third-order valence-corrected chi connectivity index (χ3v) is 5.48. The van der Waals surface area contributed by atoms with E-state index in [1.807, 2.05) is 20.8 Å². The van der Waals surface area contributed by atoms with Gasteiger partial charge in [-0.05, 0) is 39.3 Å². The first-order valence-corrected chi connectivity index (χ1v) is 9.29. The molecule has 2 N–H and O–H groups in total. The van der Waals surface area contributed by atoms with E-state index in [9.17, 15) is 13.2 Å². The zero-order chi connectivity index (χ0) is 17.6. The monoisotopic (exact) mass is 354 g/mol. The standard InChI is InChI=1S/C15H22N4O4S/c1-14(2,3)23-13(20)19-8-6-15(10-19)9-17-24(21,22)11-5-4-7-16-12(11)18-15/h4-5,7,17H,6,8-10H2,1-3H3,(H,16,18). The van der Waals surface area contributed by atoms with Crippen LogP contribution in [-0.4, -0.2) is 55.2 Å². The minimum Gasteiger partial charge on any atom is -0.444 e. The Balaban J connectivity index is 1.83. The van der Waals surface area contributed by atoms with E-state index < -0.39 is 27.3 Å². The lowest BCUT2D eigenvalue weighted by Gasteiger charge is -2.30. The largest absolute Gasteiger partial charge is 0.444 e. The number of ether oxygens (including phenoxy) is 1. The van der Waals surface area contributed by atoms with Crippen LogP contribution in [-0.2, 0) is 14.8 Å². The quantitative estimate of drug-likeness (QED) is 0.725. The average molecular weight is 354 g/mol. The number of nitrogens with one attached hydrogen (secondary N) is 2. The van der Waals surface area contributed by atoms with E-state index in [0.29, 0.717) is 25.3 Å². The van der Waals surface area contributed by atoms with E-state index in [0.717, 1.165) is 0 Å². The Hall–Kier alpha value is -1.87. The molecule has 3 rings (SSSR count). The Labute approximate surface area is 141 Å². The first-order chi connectivity index (χ1) is 11.1. The maximum Gasteiger partial charge on any atom is 0.410 e. The molecule has 8 nitrogen and oxygen atoms in total. The summed E-state index contributed by atoms with van der Waals surface area (Å²) in [4.78, 5) is 18.1. The topological polar surface area (TPSA) is 101 Å². The van der Waals surface area contributed by atoms with Crippen LogP contribution in [0, 0.1) is 0 Å². The SMILES string of the molecule is CC(C)(C)OC(=O)N1CCC2(CNS(=O)(=O)c3cccnc3N2)C1. The Morgan fingerprint density at radius 3 is 2.88 bits per heavy atom. The van der Waals surface area contributed by atoms with Gasteiger partial charge in [-0.25, -0.2) is 22.9 Å². The number of rotatable bonds is 0. The van der Waals surface area contributed by atoms with Crippen molar-refractivity contribution in [1.82, 2.24) is 14.6 Å². The molecule has 0 aromatic carbocycles. The number of fused-ring (bicyclic) bond motifs is 1. The van der Waals surface area contributed by atoms with E-state index in [1.165, 1.54) is 6.07 Å². The zero-order valence-electron chi connectivity index (χ0n) is 14.0. The molecule has 0 bridgehead atoms. The number of amides is 1. The number of hydrogen-bond acceptors (Lipinski definition) is 6. The molecule has 1 saturated heterocycles. The lowest BCUT2D eigenvalue weighted by atomic mass is 9.99. The Kier molecular flexibility index (Phi) is 3.95. The predicted octanol–water partition coefficient (Wildman–Crippen LogP) is 1.16. The molecule has 1 atom stereocenters. The van der Waals surface area contributed by atoms with Crippen LogP contribution in [0.3, 0.4) is 0 Å². The third kappa shape index (κ3) is 3.32. The van der Waals surface area contributed by atoms with Crippen LogP contribution in [0.2, 0.25) is 0 Å². The number of pyridine rings is 1. The van der Waals surface area contributed by atoms with Crippen LogP contribution in [0.5, 0.6) is 0 Å². The van der Waals surface area contributed by atoms with Crippen molar-refractivity contribution in [3.63, 3.8) is 0 Å². The molecule has 1 amide bonds. The first kappa shape index (κ1) is 17.0. The number of carbonyl (C=O) groups excluding carboxylic acids is 1. The molecule has 1 aromatic heterocycles. The van der Waals surface area contributed by atoms with Gasteiger partial charge in [0.15, 0.2) is 0 Å². The molecular formula is C15H22N4O4S. The van der Waals surface area contributed by atoms with Gasteiger partial charge in [0.05, 0.1) is 5.54 Å². The molecule has 0 aliphatic carbocycles. The molecular weight excluding hydrogens is 332 g/mol. The van der Waals surface area contributed by atoms with Crippen molar-refractivity contribution in [1.29, 1.82) is 0 Å². The van der Waals surface area contributed by atoms with E-state index >= 15 is 0 Å². The number of nitrogens with zero attached hydrogens (tertiary/aromatic N) is 2. The lowest BCUT2D eigenvalue weighted by molar-refractivity contribution is 0.0287. The molecule has 9 heteroatoms. The molecule has 132 valence electrons. The molecule has 2 aliphatic rings. The molecule has 0 saturated carbocycles. The highest BCUT2D eigenvalue weighted by Gasteiger charge is 2.44. The maximum atomic E-state index is 12.3. The molecule has 1 aromatic rings. The van der Waals surface area contributed by atoms with Crippen LogP contribution in [0.4, 0.5) is 10.6 Å². The Morgan fingerprint density at radius 2 is 2.17 bits per heavy atom.